The van der Waals surface area contributed by atoms with Crippen molar-refractivity contribution in [2.24, 2.45) is 0 Å². The molecule has 1 amide bonds. The smallest absolute Gasteiger partial charge is 0.269 e. The second-order valence-electron chi connectivity index (χ2n) is 7.04. The molecule has 3 aromatic carbocycles. The van der Waals surface area contributed by atoms with Crippen molar-refractivity contribution in [3.8, 4) is 0 Å². The van der Waals surface area contributed by atoms with Gasteiger partial charge in [-0.15, -0.1) is 0 Å². The van der Waals surface area contributed by atoms with Crippen molar-refractivity contribution in [1.82, 2.24) is 10.3 Å². The Bertz CT molecular complexity index is 1150. The predicted molar refractivity (Wildman–Crippen MR) is 121 cm³/mol. The Morgan fingerprint density at radius 1 is 1.03 bits per heavy atom. The van der Waals surface area contributed by atoms with Crippen molar-refractivity contribution < 1.29 is 4.79 Å². The fraction of sp³-hybridized carbons (Fsp3) is 0.125. The number of hydrogen-bond acceptors (Lipinski definition) is 2. The molecule has 0 radical (unpaired) electrons. The fourth-order valence-corrected chi connectivity index (χ4v) is 4.43. The number of aryl methyl sites for hydroxylation is 1. The van der Waals surface area contributed by atoms with Crippen LogP contribution in [0.4, 0.5) is 0 Å². The van der Waals surface area contributed by atoms with Crippen molar-refractivity contribution in [3.05, 3.63) is 94.6 Å². The molecule has 0 aliphatic carbocycles. The number of amides is 1. The minimum absolute atomic E-state index is 0.0924. The zero-order valence-electron chi connectivity index (χ0n) is 16.2. The Morgan fingerprint density at radius 2 is 1.76 bits per heavy atom. The van der Waals surface area contributed by atoms with Crippen LogP contribution in [0.3, 0.4) is 0 Å². The predicted octanol–water partition coefficient (Wildman–Crippen LogP) is 6.77. The quantitative estimate of drug-likeness (QED) is 0.374. The van der Waals surface area contributed by atoms with Gasteiger partial charge < -0.3 is 10.3 Å². The highest BCUT2D eigenvalue weighted by molar-refractivity contribution is 7.99. The van der Waals surface area contributed by atoms with E-state index in [-0.39, 0.29) is 11.9 Å². The number of aromatic amines is 1. The third-order valence-electron chi connectivity index (χ3n) is 4.81. The number of aromatic nitrogens is 1. The van der Waals surface area contributed by atoms with Gasteiger partial charge in [0.1, 0.15) is 5.69 Å². The summed E-state index contributed by atoms with van der Waals surface area (Å²) in [5, 5.41) is 4.85. The van der Waals surface area contributed by atoms with Gasteiger partial charge in [-0.1, -0.05) is 65.8 Å². The zero-order chi connectivity index (χ0) is 20.4. The number of benzene rings is 3. The summed E-state index contributed by atoms with van der Waals surface area (Å²) >= 11 is 7.59. The molecule has 1 heterocycles. The van der Waals surface area contributed by atoms with E-state index in [2.05, 4.69) is 28.5 Å². The summed E-state index contributed by atoms with van der Waals surface area (Å²) in [4.78, 5) is 18.5. The van der Waals surface area contributed by atoms with Gasteiger partial charge in [0.25, 0.3) is 5.91 Å². The molecule has 0 fully saturated rings. The lowest BCUT2D eigenvalue weighted by molar-refractivity contribution is 0.0932. The summed E-state index contributed by atoms with van der Waals surface area (Å²) < 4.78 is 0. The lowest BCUT2D eigenvalue weighted by atomic mass is 10.1. The molecule has 0 aliphatic heterocycles. The van der Waals surface area contributed by atoms with Crippen molar-refractivity contribution in [2.75, 3.05) is 0 Å². The first-order valence-electron chi connectivity index (χ1n) is 9.43. The summed E-state index contributed by atoms with van der Waals surface area (Å²) in [5.74, 6) is -0.119. The Balaban J connectivity index is 1.70. The molecule has 1 atom stereocenters. The number of carbonyl (C=O) groups is 1. The molecule has 0 saturated carbocycles. The first-order chi connectivity index (χ1) is 14.0. The summed E-state index contributed by atoms with van der Waals surface area (Å²) in [7, 11) is 0. The van der Waals surface area contributed by atoms with E-state index in [0.29, 0.717) is 10.7 Å². The monoisotopic (exact) mass is 420 g/mol. The highest BCUT2D eigenvalue weighted by Crippen LogP contribution is 2.37. The molecule has 0 bridgehead atoms. The van der Waals surface area contributed by atoms with E-state index in [0.717, 1.165) is 31.8 Å². The first kappa shape index (κ1) is 19.6. The van der Waals surface area contributed by atoms with Gasteiger partial charge in [0.05, 0.1) is 10.9 Å². The van der Waals surface area contributed by atoms with Crippen LogP contribution in [0, 0.1) is 6.92 Å². The maximum absolute atomic E-state index is 13.2. The van der Waals surface area contributed by atoms with E-state index in [9.17, 15) is 4.79 Å². The fourth-order valence-electron chi connectivity index (χ4n) is 3.27. The van der Waals surface area contributed by atoms with Crippen molar-refractivity contribution >= 4 is 40.2 Å². The topological polar surface area (TPSA) is 44.9 Å². The Labute approximate surface area is 179 Å². The molecule has 3 nitrogen and oxygen atoms in total. The average Bonchev–Trinajstić information content (AvgIpc) is 3.07. The number of rotatable bonds is 5. The molecule has 0 aliphatic rings. The number of fused-ring (bicyclic) bond motifs is 1. The van der Waals surface area contributed by atoms with Crippen LogP contribution in [0.2, 0.25) is 5.02 Å². The second kappa shape index (κ2) is 8.36. The number of halogens is 1. The molecule has 4 aromatic rings. The molecule has 0 unspecified atom stereocenters. The van der Waals surface area contributed by atoms with E-state index in [1.54, 1.807) is 11.8 Å². The van der Waals surface area contributed by atoms with Gasteiger partial charge in [-0.2, -0.15) is 0 Å². The summed E-state index contributed by atoms with van der Waals surface area (Å²) in [6.45, 7) is 4.04. The molecule has 146 valence electrons. The SMILES string of the molecule is Cc1ccc2c(Sc3ccc(Cl)cc3)c(C(=O)N[C@@H](C)c3ccccc3)[nH]c2c1. The van der Waals surface area contributed by atoms with Crippen molar-refractivity contribution in [2.45, 2.75) is 29.7 Å². The summed E-state index contributed by atoms with van der Waals surface area (Å²) in [6, 6.07) is 23.7. The molecule has 2 N–H and O–H groups in total. The third-order valence-corrected chi connectivity index (χ3v) is 6.20. The maximum Gasteiger partial charge on any atom is 0.269 e. The van der Waals surface area contributed by atoms with Gasteiger partial charge in [0.15, 0.2) is 0 Å². The Hall–Kier alpha value is -2.69. The van der Waals surface area contributed by atoms with Crippen LogP contribution in [-0.4, -0.2) is 10.9 Å². The van der Waals surface area contributed by atoms with E-state index >= 15 is 0 Å². The largest absolute Gasteiger partial charge is 0.350 e. The van der Waals surface area contributed by atoms with Crippen LogP contribution >= 0.6 is 23.4 Å². The molecule has 1 aromatic heterocycles. The normalized spacial score (nSPS) is 12.1. The minimum Gasteiger partial charge on any atom is -0.350 e. The van der Waals surface area contributed by atoms with E-state index in [1.807, 2.05) is 68.4 Å². The van der Waals surface area contributed by atoms with Crippen molar-refractivity contribution in [3.63, 3.8) is 0 Å². The molecule has 0 spiro atoms. The van der Waals surface area contributed by atoms with Crippen LogP contribution in [-0.2, 0) is 0 Å². The zero-order valence-corrected chi connectivity index (χ0v) is 17.8. The van der Waals surface area contributed by atoms with Crippen LogP contribution < -0.4 is 5.32 Å². The Kier molecular flexibility index (Phi) is 5.65. The van der Waals surface area contributed by atoms with Gasteiger partial charge in [-0.3, -0.25) is 4.79 Å². The summed E-state index contributed by atoms with van der Waals surface area (Å²) in [6.07, 6.45) is 0. The number of carbonyl (C=O) groups excluding carboxylic acids is 1. The molecule has 0 saturated heterocycles. The first-order valence-corrected chi connectivity index (χ1v) is 10.6. The number of H-pyrrole nitrogens is 1. The average molecular weight is 421 g/mol. The molecule has 5 heteroatoms. The number of hydrogen-bond donors (Lipinski definition) is 2. The standard InChI is InChI=1S/C24H21ClN2OS/c1-15-8-13-20-21(14-15)27-22(23(20)29-19-11-9-18(25)10-12-19)24(28)26-16(2)17-6-4-3-5-7-17/h3-14,16,27H,1-2H3,(H,26,28)/t16-/m0/s1. The Morgan fingerprint density at radius 3 is 2.48 bits per heavy atom. The van der Waals surface area contributed by atoms with Crippen LogP contribution in [0.25, 0.3) is 10.9 Å². The van der Waals surface area contributed by atoms with Crippen LogP contribution in [0.1, 0.15) is 34.6 Å². The molecular weight excluding hydrogens is 400 g/mol. The highest BCUT2D eigenvalue weighted by atomic mass is 35.5. The number of nitrogens with one attached hydrogen (secondary N) is 2. The van der Waals surface area contributed by atoms with E-state index in [4.69, 9.17) is 11.6 Å². The summed E-state index contributed by atoms with van der Waals surface area (Å²) in [5.41, 5.74) is 3.75. The lowest BCUT2D eigenvalue weighted by Crippen LogP contribution is -2.27. The lowest BCUT2D eigenvalue weighted by Gasteiger charge is -2.14. The van der Waals surface area contributed by atoms with Gasteiger partial charge in [0, 0.05) is 20.8 Å². The molecule has 29 heavy (non-hydrogen) atoms. The minimum atomic E-state index is -0.119. The maximum atomic E-state index is 13.2. The van der Waals surface area contributed by atoms with Gasteiger partial charge in [-0.05, 0) is 55.3 Å². The molecular formula is C24H21ClN2OS. The van der Waals surface area contributed by atoms with E-state index < -0.39 is 0 Å². The second-order valence-corrected chi connectivity index (χ2v) is 8.56. The van der Waals surface area contributed by atoms with Gasteiger partial charge >= 0.3 is 0 Å². The highest BCUT2D eigenvalue weighted by Gasteiger charge is 2.21. The van der Waals surface area contributed by atoms with Crippen molar-refractivity contribution in [1.29, 1.82) is 0 Å². The van der Waals surface area contributed by atoms with Gasteiger partial charge in [0.2, 0.25) is 0 Å². The van der Waals surface area contributed by atoms with Crippen LogP contribution in [0.5, 0.6) is 0 Å². The van der Waals surface area contributed by atoms with Gasteiger partial charge in [-0.25, -0.2) is 0 Å². The van der Waals surface area contributed by atoms with Crippen LogP contribution in [0.15, 0.2) is 82.6 Å². The van der Waals surface area contributed by atoms with E-state index in [1.165, 1.54) is 0 Å². The molecule has 4 rings (SSSR count). The third kappa shape index (κ3) is 4.34.